The molecule has 1 aliphatic rings. The van der Waals surface area contributed by atoms with Gasteiger partial charge in [-0.25, -0.2) is 0 Å². The molecule has 1 N–H and O–H groups in total. The molecule has 20 heavy (non-hydrogen) atoms. The van der Waals surface area contributed by atoms with Crippen LogP contribution in [0.5, 0.6) is 5.75 Å². The van der Waals surface area contributed by atoms with Crippen molar-refractivity contribution in [2.24, 2.45) is 7.05 Å². The van der Waals surface area contributed by atoms with Gasteiger partial charge in [-0.05, 0) is 23.8 Å². The molecule has 2 heterocycles. The van der Waals surface area contributed by atoms with Gasteiger partial charge in [-0.2, -0.15) is 0 Å². The Morgan fingerprint density at radius 3 is 2.90 bits per heavy atom. The summed E-state index contributed by atoms with van der Waals surface area (Å²) in [4.78, 5) is 12.0. The fraction of sp³-hybridized carbons (Fsp3) is 0.400. The highest BCUT2D eigenvalue weighted by Gasteiger charge is 2.31. The van der Waals surface area contributed by atoms with E-state index < -0.39 is 0 Å². The van der Waals surface area contributed by atoms with Crippen LogP contribution in [0.25, 0.3) is 10.9 Å². The molecule has 1 aromatic heterocycles. The minimum absolute atomic E-state index is 0.200. The normalized spacial score (nSPS) is 17.9. The number of fused-ring (bicyclic) bond motifs is 3. The Bertz CT molecular complexity index is 675. The van der Waals surface area contributed by atoms with Gasteiger partial charge in [-0.15, -0.1) is 0 Å². The van der Waals surface area contributed by atoms with Gasteiger partial charge in [0.1, 0.15) is 5.75 Å². The van der Waals surface area contributed by atoms with Crippen molar-refractivity contribution in [3.63, 3.8) is 0 Å². The topological polar surface area (TPSA) is 52.5 Å². The zero-order valence-electron chi connectivity index (χ0n) is 11.9. The number of nitrogens with one attached hydrogen (secondary N) is 1. The maximum atomic E-state index is 12.0. The largest absolute Gasteiger partial charge is 0.497 e. The molecule has 2 aromatic rings. The third-order valence-electron chi connectivity index (χ3n) is 4.05. The molecule has 1 aromatic carbocycles. The van der Waals surface area contributed by atoms with Crippen molar-refractivity contribution in [2.75, 3.05) is 20.8 Å². The number of ether oxygens (including phenoxy) is 2. The molecule has 106 valence electrons. The average Bonchev–Trinajstić information content (AvgIpc) is 2.79. The predicted octanol–water partition coefficient (Wildman–Crippen LogP) is 1.55. The van der Waals surface area contributed by atoms with E-state index in [0.29, 0.717) is 6.54 Å². The third-order valence-corrected chi connectivity index (χ3v) is 4.05. The Balaban J connectivity index is 2.27. The number of aryl methyl sites for hydroxylation is 1. The molecule has 5 heteroatoms. The molecule has 5 nitrogen and oxygen atoms in total. The van der Waals surface area contributed by atoms with Crippen molar-refractivity contribution < 1.29 is 14.3 Å². The summed E-state index contributed by atoms with van der Waals surface area (Å²) in [7, 11) is 5.10. The number of carbonyl (C=O) groups is 1. The van der Waals surface area contributed by atoms with Crippen LogP contribution >= 0.6 is 0 Å². The summed E-state index contributed by atoms with van der Waals surface area (Å²) in [6.07, 6.45) is 0. The molecule has 0 aliphatic carbocycles. The lowest BCUT2D eigenvalue weighted by atomic mass is 9.93. The number of esters is 1. The average molecular weight is 274 g/mol. The minimum atomic E-state index is -0.264. The fourth-order valence-corrected chi connectivity index (χ4v) is 3.01. The summed E-state index contributed by atoms with van der Waals surface area (Å²) >= 11 is 0. The summed E-state index contributed by atoms with van der Waals surface area (Å²) in [6.45, 7) is 1.37. The Kier molecular flexibility index (Phi) is 3.14. The van der Waals surface area contributed by atoms with Gasteiger partial charge in [-0.1, -0.05) is 0 Å². The van der Waals surface area contributed by atoms with Crippen molar-refractivity contribution in [1.29, 1.82) is 0 Å². The molecule has 3 rings (SSSR count). The van der Waals surface area contributed by atoms with Gasteiger partial charge in [0.15, 0.2) is 0 Å². The van der Waals surface area contributed by atoms with Gasteiger partial charge in [0, 0.05) is 36.7 Å². The van der Waals surface area contributed by atoms with Crippen LogP contribution in [0, 0.1) is 0 Å². The predicted molar refractivity (Wildman–Crippen MR) is 75.9 cm³/mol. The Morgan fingerprint density at radius 1 is 1.40 bits per heavy atom. The molecule has 1 aliphatic heterocycles. The maximum Gasteiger partial charge on any atom is 0.314 e. The second kappa shape index (κ2) is 4.83. The number of benzene rings is 1. The first-order chi connectivity index (χ1) is 9.67. The number of hydrogen-bond donors (Lipinski definition) is 1. The van der Waals surface area contributed by atoms with Crippen LogP contribution in [0.15, 0.2) is 18.2 Å². The smallest absolute Gasteiger partial charge is 0.314 e. The monoisotopic (exact) mass is 274 g/mol. The summed E-state index contributed by atoms with van der Waals surface area (Å²) in [5.74, 6) is 0.335. The van der Waals surface area contributed by atoms with Crippen molar-refractivity contribution in [3.05, 3.63) is 29.5 Å². The van der Waals surface area contributed by atoms with Crippen LogP contribution in [-0.2, 0) is 23.1 Å². The Morgan fingerprint density at radius 2 is 2.20 bits per heavy atom. The van der Waals surface area contributed by atoms with E-state index in [1.807, 2.05) is 25.2 Å². The van der Waals surface area contributed by atoms with Crippen LogP contribution in [-0.4, -0.2) is 31.3 Å². The number of aromatic nitrogens is 1. The van der Waals surface area contributed by atoms with Crippen LogP contribution < -0.4 is 10.1 Å². The number of carbonyl (C=O) groups excluding carboxylic acids is 1. The van der Waals surface area contributed by atoms with E-state index in [9.17, 15) is 4.79 Å². The van der Waals surface area contributed by atoms with E-state index in [-0.39, 0.29) is 11.9 Å². The van der Waals surface area contributed by atoms with Crippen molar-refractivity contribution >= 4 is 16.9 Å². The van der Waals surface area contributed by atoms with E-state index in [2.05, 4.69) is 9.88 Å². The lowest BCUT2D eigenvalue weighted by Crippen LogP contribution is -2.33. The molecule has 1 unspecified atom stereocenters. The second-order valence-electron chi connectivity index (χ2n) is 5.01. The van der Waals surface area contributed by atoms with Gasteiger partial charge >= 0.3 is 5.97 Å². The van der Waals surface area contributed by atoms with Gasteiger partial charge in [0.05, 0.1) is 20.1 Å². The standard InChI is InChI=1S/C15H18N2O3/c1-17-12-5-4-9(19-2)6-10(12)14-11(15(18)20-3)7-16-8-13(14)17/h4-6,11,16H,7-8H2,1-3H3. The molecule has 0 fully saturated rings. The highest BCUT2D eigenvalue weighted by Crippen LogP contribution is 2.36. The molecule has 0 amide bonds. The Labute approximate surface area is 117 Å². The van der Waals surface area contributed by atoms with Crippen molar-refractivity contribution in [2.45, 2.75) is 12.5 Å². The van der Waals surface area contributed by atoms with Crippen molar-refractivity contribution in [3.8, 4) is 5.75 Å². The molecular formula is C15H18N2O3. The van der Waals surface area contributed by atoms with Crippen LogP contribution in [0.2, 0.25) is 0 Å². The lowest BCUT2D eigenvalue weighted by Gasteiger charge is -2.23. The third kappa shape index (κ3) is 1.78. The zero-order chi connectivity index (χ0) is 14.3. The highest BCUT2D eigenvalue weighted by molar-refractivity contribution is 5.93. The number of methoxy groups -OCH3 is 2. The van der Waals surface area contributed by atoms with Gasteiger partial charge < -0.3 is 19.4 Å². The fourth-order valence-electron chi connectivity index (χ4n) is 3.01. The number of rotatable bonds is 2. The van der Waals surface area contributed by atoms with Crippen LogP contribution in [0.3, 0.4) is 0 Å². The quantitative estimate of drug-likeness (QED) is 0.844. The Hall–Kier alpha value is -2.01. The number of nitrogens with zero attached hydrogens (tertiary/aromatic N) is 1. The maximum absolute atomic E-state index is 12.0. The first-order valence-corrected chi connectivity index (χ1v) is 6.61. The highest BCUT2D eigenvalue weighted by atomic mass is 16.5. The summed E-state index contributed by atoms with van der Waals surface area (Å²) in [5.41, 5.74) is 3.30. The lowest BCUT2D eigenvalue weighted by molar-refractivity contribution is -0.142. The first kappa shape index (κ1) is 13.0. The molecule has 0 spiro atoms. The summed E-state index contributed by atoms with van der Waals surface area (Å²) < 4.78 is 12.4. The molecule has 0 radical (unpaired) electrons. The molecule has 0 bridgehead atoms. The van der Waals surface area contributed by atoms with Crippen molar-refractivity contribution in [1.82, 2.24) is 9.88 Å². The van der Waals surface area contributed by atoms with Gasteiger partial charge in [0.25, 0.3) is 0 Å². The van der Waals surface area contributed by atoms with Gasteiger partial charge in [0.2, 0.25) is 0 Å². The first-order valence-electron chi connectivity index (χ1n) is 6.61. The second-order valence-corrected chi connectivity index (χ2v) is 5.01. The number of hydrogen-bond acceptors (Lipinski definition) is 4. The summed E-state index contributed by atoms with van der Waals surface area (Å²) in [6, 6.07) is 5.96. The van der Waals surface area contributed by atoms with E-state index in [1.54, 1.807) is 7.11 Å². The molecular weight excluding hydrogens is 256 g/mol. The van der Waals surface area contributed by atoms with E-state index >= 15 is 0 Å². The zero-order valence-corrected chi connectivity index (χ0v) is 11.9. The van der Waals surface area contributed by atoms with Crippen LogP contribution in [0.4, 0.5) is 0 Å². The molecule has 1 atom stereocenters. The SMILES string of the molecule is COC(=O)C1CNCc2c1c1cc(OC)ccc1n2C. The minimum Gasteiger partial charge on any atom is -0.497 e. The van der Waals surface area contributed by atoms with E-state index in [4.69, 9.17) is 9.47 Å². The molecule has 0 saturated carbocycles. The molecule has 0 saturated heterocycles. The van der Waals surface area contributed by atoms with Gasteiger partial charge in [-0.3, -0.25) is 4.79 Å². The van der Waals surface area contributed by atoms with E-state index in [0.717, 1.165) is 34.5 Å². The van der Waals surface area contributed by atoms with E-state index in [1.165, 1.54) is 7.11 Å². The van der Waals surface area contributed by atoms with Crippen LogP contribution in [0.1, 0.15) is 17.2 Å². The summed E-state index contributed by atoms with van der Waals surface area (Å²) in [5, 5.41) is 4.35.